The average Bonchev–Trinajstić information content (AvgIpc) is 3.77. The fourth-order valence-corrected chi connectivity index (χ4v) is 7.38. The first-order valence-corrected chi connectivity index (χ1v) is 15.3. The van der Waals surface area contributed by atoms with Crippen molar-refractivity contribution in [3.05, 3.63) is 46.6 Å². The number of amides is 3. The van der Waals surface area contributed by atoms with Crippen LogP contribution in [-0.2, 0) is 24.0 Å². The van der Waals surface area contributed by atoms with Crippen LogP contribution in [0.5, 0.6) is 0 Å². The second kappa shape index (κ2) is 11.9. The number of thioether (sulfide) groups is 2. The van der Waals surface area contributed by atoms with Crippen molar-refractivity contribution in [2.24, 2.45) is 5.16 Å². The van der Waals surface area contributed by atoms with Gasteiger partial charge in [0.2, 0.25) is 6.41 Å². The number of hydrogen-bond donors (Lipinski definition) is 3. The molecule has 3 atom stereocenters. The summed E-state index contributed by atoms with van der Waals surface area (Å²) in [6.45, 7) is 0. The summed E-state index contributed by atoms with van der Waals surface area (Å²) in [5, 5.41) is 36.3. The van der Waals surface area contributed by atoms with E-state index in [1.807, 2.05) is 12.2 Å². The van der Waals surface area contributed by atoms with Gasteiger partial charge in [-0.05, 0) is 47.1 Å². The van der Waals surface area contributed by atoms with Crippen LogP contribution < -0.4 is 10.6 Å². The van der Waals surface area contributed by atoms with Crippen LogP contribution in [0.25, 0.3) is 5.65 Å². The quantitative estimate of drug-likeness (QED) is 0.0662. The highest BCUT2D eigenvalue weighted by Crippen LogP contribution is 2.41. The van der Waals surface area contributed by atoms with Crippen LogP contribution in [0.2, 0.25) is 0 Å². The lowest BCUT2D eigenvalue weighted by molar-refractivity contribution is -0.150. The summed E-state index contributed by atoms with van der Waals surface area (Å²) < 4.78 is 1.27. The molecule has 1 saturated heterocycles. The molecule has 3 aliphatic rings. The number of carbonyl (C=O) groups excluding carboxylic acids is 3. The third kappa shape index (κ3) is 5.44. The number of rotatable bonds is 11. The Labute approximate surface area is 248 Å². The molecule has 3 N–H and O–H groups in total. The van der Waals surface area contributed by atoms with Crippen LogP contribution >= 0.6 is 34.9 Å². The molecule has 5 heterocycles. The van der Waals surface area contributed by atoms with Gasteiger partial charge >= 0.3 is 5.97 Å². The highest BCUT2D eigenvalue weighted by atomic mass is 32.2. The Morgan fingerprint density at radius 1 is 1.33 bits per heavy atom. The van der Waals surface area contributed by atoms with Crippen molar-refractivity contribution < 1.29 is 29.1 Å². The van der Waals surface area contributed by atoms with E-state index < -0.39 is 29.2 Å². The minimum atomic E-state index is -1.24. The zero-order chi connectivity index (χ0) is 29.2. The molecule has 6 rings (SSSR count). The van der Waals surface area contributed by atoms with E-state index in [0.717, 1.165) is 17.8 Å². The minimum Gasteiger partial charge on any atom is -0.477 e. The van der Waals surface area contributed by atoms with Gasteiger partial charge in [-0.2, -0.15) is 0 Å². The van der Waals surface area contributed by atoms with Crippen LogP contribution in [0, 0.1) is 0 Å². The van der Waals surface area contributed by atoms with E-state index in [0.29, 0.717) is 34.8 Å². The lowest BCUT2D eigenvalue weighted by Gasteiger charge is -2.49. The highest BCUT2D eigenvalue weighted by molar-refractivity contribution is 8.01. The first-order chi connectivity index (χ1) is 20.4. The molecule has 216 valence electrons. The summed E-state index contributed by atoms with van der Waals surface area (Å²) in [7, 11) is 0. The number of carboxylic acids is 1. The molecule has 0 aromatic carbocycles. The Hall–Kier alpha value is -4.36. The van der Waals surface area contributed by atoms with Gasteiger partial charge in [0, 0.05) is 16.9 Å². The topological polar surface area (TPSA) is 206 Å². The standard InChI is InChI=1S/C23H20N10O6S3/c34-10-24-23-25-13(9-42-23)16(29-39-12-3-1-2-4-12)19(35)26-17-20(36)32-18(22(37)38)11(8-41-21(17)32)7-40-15-6-5-14-27-30-31-33(14)28-15/h1,3,5-6,9-10,12,17,21H,2,4,7-8H2,(H,26,35)(H,37,38)(H,24,25,34)/b29-16-/t12?,17?,21-/m1/s1. The van der Waals surface area contributed by atoms with Gasteiger partial charge < -0.3 is 20.6 Å². The minimum absolute atomic E-state index is 0.112. The number of thiazole rings is 1. The maximum atomic E-state index is 13.4. The predicted octanol–water partition coefficient (Wildman–Crippen LogP) is 0.514. The van der Waals surface area contributed by atoms with Gasteiger partial charge in [0.05, 0.1) is 0 Å². The van der Waals surface area contributed by atoms with E-state index in [1.165, 1.54) is 38.4 Å². The molecule has 2 unspecified atom stereocenters. The van der Waals surface area contributed by atoms with E-state index in [2.05, 4.69) is 41.4 Å². The monoisotopic (exact) mass is 628 g/mol. The molecule has 3 aromatic heterocycles. The summed E-state index contributed by atoms with van der Waals surface area (Å²) in [4.78, 5) is 60.6. The molecule has 16 nitrogen and oxygen atoms in total. The molecule has 0 spiro atoms. The number of carboxylic acid groups (broad SMARTS) is 1. The molecule has 2 aliphatic heterocycles. The second-order valence-electron chi connectivity index (χ2n) is 8.99. The molecule has 0 radical (unpaired) electrons. The summed E-state index contributed by atoms with van der Waals surface area (Å²) in [6.07, 6.45) is 5.46. The Morgan fingerprint density at radius 3 is 3.00 bits per heavy atom. The van der Waals surface area contributed by atoms with E-state index in [4.69, 9.17) is 4.84 Å². The van der Waals surface area contributed by atoms with Crippen molar-refractivity contribution in [1.82, 2.24) is 40.5 Å². The molecule has 0 saturated carbocycles. The number of oxime groups is 1. The summed E-state index contributed by atoms with van der Waals surface area (Å²) in [6, 6.07) is 2.43. The van der Waals surface area contributed by atoms with Gasteiger partial charge in [0.25, 0.3) is 11.8 Å². The molecule has 42 heavy (non-hydrogen) atoms. The second-order valence-corrected chi connectivity index (χ2v) is 12.0. The van der Waals surface area contributed by atoms with Crippen LogP contribution in [0.1, 0.15) is 18.5 Å². The van der Waals surface area contributed by atoms with Gasteiger partial charge in [0.1, 0.15) is 33.9 Å². The number of hydrogen-bond acceptors (Lipinski definition) is 14. The number of β-lactam (4-membered cyclic amide) rings is 1. The van der Waals surface area contributed by atoms with Crippen LogP contribution in [0.3, 0.4) is 0 Å². The Bertz CT molecular complexity index is 1670. The maximum absolute atomic E-state index is 13.4. The van der Waals surface area contributed by atoms with Crippen molar-refractivity contribution >= 4 is 75.5 Å². The first kappa shape index (κ1) is 27.8. The van der Waals surface area contributed by atoms with Gasteiger partial charge in [-0.15, -0.1) is 49.7 Å². The zero-order valence-electron chi connectivity index (χ0n) is 21.3. The fourth-order valence-electron chi connectivity index (χ4n) is 4.39. The average molecular weight is 629 g/mol. The van der Waals surface area contributed by atoms with Gasteiger partial charge in [0.15, 0.2) is 16.5 Å². The zero-order valence-corrected chi connectivity index (χ0v) is 23.8. The first-order valence-electron chi connectivity index (χ1n) is 12.4. The highest BCUT2D eigenvalue weighted by Gasteiger charge is 2.54. The van der Waals surface area contributed by atoms with Crippen molar-refractivity contribution in [3.8, 4) is 0 Å². The number of allylic oxidation sites excluding steroid dienone is 1. The molecule has 1 fully saturated rings. The molecule has 1 aliphatic carbocycles. The summed E-state index contributed by atoms with van der Waals surface area (Å²) >= 11 is 3.73. The molecule has 19 heteroatoms. The Morgan fingerprint density at radius 2 is 2.21 bits per heavy atom. The fraction of sp³-hybridized carbons (Fsp3) is 0.304. The predicted molar refractivity (Wildman–Crippen MR) is 151 cm³/mol. The Kier molecular flexibility index (Phi) is 7.85. The van der Waals surface area contributed by atoms with Crippen molar-refractivity contribution in [2.45, 2.75) is 35.4 Å². The largest absolute Gasteiger partial charge is 0.477 e. The number of aliphatic carboxylic acids is 1. The number of aromatic nitrogens is 6. The number of carbonyl (C=O) groups is 4. The number of nitrogens with one attached hydrogen (secondary N) is 2. The van der Waals surface area contributed by atoms with Gasteiger partial charge in [-0.1, -0.05) is 11.2 Å². The third-order valence-corrected chi connectivity index (χ3v) is 9.49. The molecular weight excluding hydrogens is 609 g/mol. The van der Waals surface area contributed by atoms with Crippen LogP contribution in [-0.4, -0.2) is 99.2 Å². The number of fused-ring (bicyclic) bond motifs is 2. The lowest BCUT2D eigenvalue weighted by atomic mass is 10.0. The number of nitrogens with zero attached hydrogens (tertiary/aromatic N) is 8. The smallest absolute Gasteiger partial charge is 0.352 e. The molecule has 3 aromatic rings. The SMILES string of the molecule is O=CNc1nc(/C(=N/OC2C=CCC2)C(=O)NC2C(=O)N3C(C(=O)O)=C(CSc4ccc5nnnn5n4)CS[C@H]23)cs1. The van der Waals surface area contributed by atoms with Crippen LogP contribution in [0.15, 0.2) is 51.1 Å². The van der Waals surface area contributed by atoms with Crippen LogP contribution in [0.4, 0.5) is 5.13 Å². The van der Waals surface area contributed by atoms with Crippen molar-refractivity contribution in [1.29, 1.82) is 0 Å². The molecule has 0 bridgehead atoms. The molecule has 3 amide bonds. The maximum Gasteiger partial charge on any atom is 0.352 e. The molecular formula is C23H20N10O6S3. The number of tetrazole rings is 1. The summed E-state index contributed by atoms with van der Waals surface area (Å²) in [5.41, 5.74) is 0.893. The normalized spacial score (nSPS) is 21.7. The van der Waals surface area contributed by atoms with Gasteiger partial charge in [-0.25, -0.2) is 9.78 Å². The van der Waals surface area contributed by atoms with Gasteiger partial charge in [-0.3, -0.25) is 19.3 Å². The summed E-state index contributed by atoms with van der Waals surface area (Å²) in [5.74, 6) is -1.92. The van der Waals surface area contributed by atoms with E-state index in [-0.39, 0.29) is 34.1 Å². The van der Waals surface area contributed by atoms with Crippen molar-refractivity contribution in [2.75, 3.05) is 16.8 Å². The van der Waals surface area contributed by atoms with E-state index in [9.17, 15) is 24.3 Å². The van der Waals surface area contributed by atoms with E-state index >= 15 is 0 Å². The van der Waals surface area contributed by atoms with Crippen molar-refractivity contribution in [3.63, 3.8) is 0 Å². The number of anilines is 1. The lowest BCUT2D eigenvalue weighted by Crippen LogP contribution is -2.71. The third-order valence-electron chi connectivity index (χ3n) is 6.37. The Balaban J connectivity index is 1.17. The van der Waals surface area contributed by atoms with E-state index in [1.54, 1.807) is 12.1 Å².